The summed E-state index contributed by atoms with van der Waals surface area (Å²) in [6, 6.07) is 17.8. The van der Waals surface area contributed by atoms with Crippen LogP contribution in [0.1, 0.15) is 24.3 Å². The van der Waals surface area contributed by atoms with Crippen molar-refractivity contribution < 1.29 is 9.53 Å². The first-order valence-electron chi connectivity index (χ1n) is 8.45. The molecule has 0 aliphatic heterocycles. The van der Waals surface area contributed by atoms with Crippen LogP contribution < -0.4 is 4.74 Å². The Bertz CT molecular complexity index is 1050. The van der Waals surface area contributed by atoms with E-state index in [2.05, 4.69) is 12.1 Å². The van der Waals surface area contributed by atoms with Crippen molar-refractivity contribution in [2.75, 3.05) is 0 Å². The second-order valence-electron chi connectivity index (χ2n) is 6.27. The van der Waals surface area contributed by atoms with Gasteiger partial charge in [-0.05, 0) is 43.7 Å². The number of aromatic nitrogens is 2. The summed E-state index contributed by atoms with van der Waals surface area (Å²) >= 11 is 1.58. The Kier molecular flexibility index (Phi) is 4.31. The summed E-state index contributed by atoms with van der Waals surface area (Å²) in [6.45, 7) is 3.98. The molecule has 4 nitrogen and oxygen atoms in total. The van der Waals surface area contributed by atoms with Crippen LogP contribution in [0.4, 0.5) is 0 Å². The number of hydrogen-bond acceptors (Lipinski definition) is 4. The van der Waals surface area contributed by atoms with E-state index in [0.29, 0.717) is 11.4 Å². The van der Waals surface area contributed by atoms with Crippen molar-refractivity contribution in [3.8, 4) is 27.4 Å². The molecular weight excluding hydrogens is 344 g/mol. The Morgan fingerprint density at radius 1 is 1.04 bits per heavy atom. The van der Waals surface area contributed by atoms with Crippen LogP contribution in [0, 0.1) is 0 Å². The van der Waals surface area contributed by atoms with Gasteiger partial charge < -0.3 is 4.74 Å². The number of carbonyl (C=O) groups is 1. The van der Waals surface area contributed by atoms with Gasteiger partial charge in [-0.1, -0.05) is 41.7 Å². The maximum absolute atomic E-state index is 11.8. The summed E-state index contributed by atoms with van der Waals surface area (Å²) < 4.78 is 7.55. The van der Waals surface area contributed by atoms with Crippen LogP contribution in [0.15, 0.2) is 60.8 Å². The summed E-state index contributed by atoms with van der Waals surface area (Å²) in [4.78, 5) is 18.3. The van der Waals surface area contributed by atoms with E-state index < -0.39 is 0 Å². The molecule has 0 radical (unpaired) electrons. The van der Waals surface area contributed by atoms with E-state index in [9.17, 15) is 4.79 Å². The van der Waals surface area contributed by atoms with Crippen LogP contribution in [-0.2, 0) is 0 Å². The number of rotatable bonds is 5. The van der Waals surface area contributed by atoms with Crippen LogP contribution in [0.2, 0.25) is 0 Å². The molecule has 0 saturated carbocycles. The maximum atomic E-state index is 11.8. The lowest BCUT2D eigenvalue weighted by Crippen LogP contribution is -2.05. The summed E-state index contributed by atoms with van der Waals surface area (Å²) in [5, 5.41) is 0. The smallest absolute Gasteiger partial charge is 0.195 e. The lowest BCUT2D eigenvalue weighted by molar-refractivity contribution is 0.111. The Morgan fingerprint density at radius 2 is 1.77 bits per heavy atom. The van der Waals surface area contributed by atoms with Gasteiger partial charge in [-0.15, -0.1) is 0 Å². The highest BCUT2D eigenvalue weighted by atomic mass is 32.1. The molecule has 2 aromatic heterocycles. The molecular formula is C21H18N2O2S. The topological polar surface area (TPSA) is 43.6 Å². The number of ether oxygens (including phenoxy) is 1. The highest BCUT2D eigenvalue weighted by Crippen LogP contribution is 2.33. The molecule has 5 heteroatoms. The third-order valence-corrected chi connectivity index (χ3v) is 5.06. The summed E-state index contributed by atoms with van der Waals surface area (Å²) in [5.41, 5.74) is 3.29. The minimum Gasteiger partial charge on any atom is -0.491 e. The highest BCUT2D eigenvalue weighted by molar-refractivity contribution is 7.20. The van der Waals surface area contributed by atoms with Gasteiger partial charge in [0.1, 0.15) is 17.1 Å². The molecule has 0 unspecified atom stereocenters. The fourth-order valence-corrected chi connectivity index (χ4v) is 3.88. The molecule has 26 heavy (non-hydrogen) atoms. The zero-order chi connectivity index (χ0) is 18.1. The third-order valence-electron chi connectivity index (χ3n) is 4.03. The fraction of sp³-hybridized carbons (Fsp3) is 0.143. The molecule has 0 fully saturated rings. The third kappa shape index (κ3) is 3.02. The first kappa shape index (κ1) is 16.5. The molecule has 0 aliphatic rings. The lowest BCUT2D eigenvalue weighted by Gasteiger charge is -2.09. The summed E-state index contributed by atoms with van der Waals surface area (Å²) in [7, 11) is 0. The predicted octanol–water partition coefficient (Wildman–Crippen LogP) is 5.33. The van der Waals surface area contributed by atoms with Crippen LogP contribution in [0.25, 0.3) is 26.7 Å². The van der Waals surface area contributed by atoms with Gasteiger partial charge in [0.05, 0.1) is 11.0 Å². The van der Waals surface area contributed by atoms with E-state index in [-0.39, 0.29) is 6.10 Å². The molecule has 0 spiro atoms. The molecule has 130 valence electrons. The number of carbonyl (C=O) groups excluding carboxylic acids is 1. The van der Waals surface area contributed by atoms with Crippen LogP contribution in [0.5, 0.6) is 5.75 Å². The average molecular weight is 362 g/mol. The predicted molar refractivity (Wildman–Crippen MR) is 105 cm³/mol. The standard InChI is InChI=1S/C21H18N2O2S/c1-14(2)25-17-10-8-16(9-11-17)20-18(13-24)23-12-19(26-21(23)22-20)15-6-4-3-5-7-15/h3-14H,1-2H3. The molecule has 0 bridgehead atoms. The number of thiazole rings is 1. The van der Waals surface area contributed by atoms with E-state index in [1.165, 1.54) is 0 Å². The quantitative estimate of drug-likeness (QED) is 0.451. The van der Waals surface area contributed by atoms with Crippen molar-refractivity contribution in [3.63, 3.8) is 0 Å². The van der Waals surface area contributed by atoms with Gasteiger partial charge in [0.2, 0.25) is 0 Å². The van der Waals surface area contributed by atoms with Gasteiger partial charge in [-0.2, -0.15) is 0 Å². The molecule has 2 aromatic carbocycles. The van der Waals surface area contributed by atoms with Gasteiger partial charge >= 0.3 is 0 Å². The molecule has 4 rings (SSSR count). The van der Waals surface area contributed by atoms with Crippen molar-refractivity contribution >= 4 is 22.6 Å². The van der Waals surface area contributed by atoms with E-state index in [1.807, 2.05) is 66.9 Å². The number of imidazole rings is 1. The zero-order valence-corrected chi connectivity index (χ0v) is 15.4. The van der Waals surface area contributed by atoms with Gasteiger partial charge in [0.15, 0.2) is 11.2 Å². The first-order valence-corrected chi connectivity index (χ1v) is 9.27. The first-order chi connectivity index (χ1) is 12.7. The molecule has 4 aromatic rings. The summed E-state index contributed by atoms with van der Waals surface area (Å²) in [6.07, 6.45) is 2.97. The number of nitrogens with zero attached hydrogens (tertiary/aromatic N) is 2. The van der Waals surface area contributed by atoms with Gasteiger partial charge in [0, 0.05) is 11.8 Å². The number of fused-ring (bicyclic) bond motifs is 1. The second-order valence-corrected chi connectivity index (χ2v) is 7.28. The second kappa shape index (κ2) is 6.77. The van der Waals surface area contributed by atoms with E-state index >= 15 is 0 Å². The Labute approximate surface area is 155 Å². The Hall–Kier alpha value is -2.92. The molecule has 0 N–H and O–H groups in total. The van der Waals surface area contributed by atoms with Crippen molar-refractivity contribution in [2.45, 2.75) is 20.0 Å². The maximum Gasteiger partial charge on any atom is 0.195 e. The number of benzene rings is 2. The van der Waals surface area contributed by atoms with E-state index in [1.54, 1.807) is 11.3 Å². The Morgan fingerprint density at radius 3 is 2.42 bits per heavy atom. The van der Waals surface area contributed by atoms with Crippen molar-refractivity contribution in [1.82, 2.24) is 9.38 Å². The van der Waals surface area contributed by atoms with Crippen LogP contribution in [-0.4, -0.2) is 21.8 Å². The Balaban J connectivity index is 1.74. The molecule has 0 saturated heterocycles. The molecule has 0 aliphatic carbocycles. The summed E-state index contributed by atoms with van der Waals surface area (Å²) in [5.74, 6) is 0.809. The van der Waals surface area contributed by atoms with Crippen molar-refractivity contribution in [3.05, 3.63) is 66.5 Å². The minimum atomic E-state index is 0.126. The minimum absolute atomic E-state index is 0.126. The van der Waals surface area contributed by atoms with Gasteiger partial charge in [-0.3, -0.25) is 9.20 Å². The SMILES string of the molecule is CC(C)Oc1ccc(-c2nc3sc(-c4ccccc4)cn3c2C=O)cc1. The van der Waals surface area contributed by atoms with Gasteiger partial charge in [-0.25, -0.2) is 4.98 Å². The molecule has 0 atom stereocenters. The van der Waals surface area contributed by atoms with Crippen LogP contribution >= 0.6 is 11.3 Å². The van der Waals surface area contributed by atoms with Crippen molar-refractivity contribution in [2.24, 2.45) is 0 Å². The highest BCUT2D eigenvalue weighted by Gasteiger charge is 2.16. The zero-order valence-electron chi connectivity index (χ0n) is 14.5. The molecule has 2 heterocycles. The monoisotopic (exact) mass is 362 g/mol. The fourth-order valence-electron chi connectivity index (χ4n) is 2.89. The number of aldehydes is 1. The number of hydrogen-bond donors (Lipinski definition) is 0. The molecule has 0 amide bonds. The lowest BCUT2D eigenvalue weighted by atomic mass is 10.1. The van der Waals surface area contributed by atoms with E-state index in [4.69, 9.17) is 9.72 Å². The van der Waals surface area contributed by atoms with Crippen molar-refractivity contribution in [1.29, 1.82) is 0 Å². The van der Waals surface area contributed by atoms with Crippen LogP contribution in [0.3, 0.4) is 0 Å². The largest absolute Gasteiger partial charge is 0.491 e. The van der Waals surface area contributed by atoms with Gasteiger partial charge in [0.25, 0.3) is 0 Å². The average Bonchev–Trinajstić information content (AvgIpc) is 3.20. The normalized spacial score (nSPS) is 11.2. The van der Waals surface area contributed by atoms with E-state index in [0.717, 1.165) is 33.0 Å².